The summed E-state index contributed by atoms with van der Waals surface area (Å²) in [6, 6.07) is 11.6. The number of para-hydroxylation sites is 1. The minimum Gasteiger partial charge on any atom is -0.342 e. The first-order valence-electron chi connectivity index (χ1n) is 9.09. The van der Waals surface area contributed by atoms with E-state index in [1.54, 1.807) is 28.3 Å². The van der Waals surface area contributed by atoms with Gasteiger partial charge in [0, 0.05) is 41.9 Å². The SMILES string of the molecule is O=C(CCn1cnc2ccccc2c1=O)N1CCS[C@H](c2cccs2)CC1. The lowest BCUT2D eigenvalue weighted by atomic mass is 10.2. The molecule has 4 rings (SSSR count). The normalized spacial score (nSPS) is 17.8. The number of thiophene rings is 1. The molecule has 1 aromatic carbocycles. The van der Waals surface area contributed by atoms with Crippen molar-refractivity contribution >= 4 is 39.9 Å². The molecule has 1 amide bonds. The summed E-state index contributed by atoms with van der Waals surface area (Å²) in [5.41, 5.74) is 0.604. The van der Waals surface area contributed by atoms with Gasteiger partial charge in [0.1, 0.15) is 0 Å². The molecule has 3 heterocycles. The average molecular weight is 400 g/mol. The van der Waals surface area contributed by atoms with Crippen LogP contribution in [0.3, 0.4) is 0 Å². The van der Waals surface area contributed by atoms with Crippen molar-refractivity contribution in [1.82, 2.24) is 14.5 Å². The smallest absolute Gasteiger partial charge is 0.261 e. The second kappa shape index (κ2) is 8.27. The van der Waals surface area contributed by atoms with Gasteiger partial charge in [-0.15, -0.1) is 11.3 Å². The van der Waals surface area contributed by atoms with Gasteiger partial charge in [-0.3, -0.25) is 14.2 Å². The van der Waals surface area contributed by atoms with Crippen molar-refractivity contribution in [2.75, 3.05) is 18.8 Å². The molecule has 0 radical (unpaired) electrons. The topological polar surface area (TPSA) is 55.2 Å². The standard InChI is InChI=1S/C20H21N3O2S2/c24-19(22-9-7-18(27-13-11-22)17-6-3-12-26-17)8-10-23-14-21-16-5-2-1-4-15(16)20(23)25/h1-6,12,14,18H,7-11,13H2/t18-/m0/s1. The van der Waals surface area contributed by atoms with Gasteiger partial charge in [0.2, 0.25) is 5.91 Å². The van der Waals surface area contributed by atoms with E-state index in [0.717, 1.165) is 25.3 Å². The van der Waals surface area contributed by atoms with Gasteiger partial charge in [0.15, 0.2) is 0 Å². The molecule has 27 heavy (non-hydrogen) atoms. The quantitative estimate of drug-likeness (QED) is 0.673. The molecule has 1 saturated heterocycles. The van der Waals surface area contributed by atoms with Crippen LogP contribution in [0.4, 0.5) is 0 Å². The number of fused-ring (bicyclic) bond motifs is 1. The third kappa shape index (κ3) is 4.09. The summed E-state index contributed by atoms with van der Waals surface area (Å²) in [7, 11) is 0. The van der Waals surface area contributed by atoms with Crippen LogP contribution in [0.5, 0.6) is 0 Å². The number of aromatic nitrogens is 2. The predicted octanol–water partition coefficient (Wildman–Crippen LogP) is 3.55. The van der Waals surface area contributed by atoms with Crippen molar-refractivity contribution in [2.45, 2.75) is 24.6 Å². The predicted molar refractivity (Wildman–Crippen MR) is 111 cm³/mol. The molecule has 2 aromatic heterocycles. The molecule has 5 nitrogen and oxygen atoms in total. The fourth-order valence-corrected chi connectivity index (χ4v) is 5.60. The summed E-state index contributed by atoms with van der Waals surface area (Å²) >= 11 is 3.72. The second-order valence-electron chi connectivity index (χ2n) is 6.55. The number of carbonyl (C=O) groups excluding carboxylic acids is 1. The van der Waals surface area contributed by atoms with Gasteiger partial charge in [-0.05, 0) is 30.0 Å². The van der Waals surface area contributed by atoms with Crippen molar-refractivity contribution in [1.29, 1.82) is 0 Å². The van der Waals surface area contributed by atoms with Crippen LogP contribution in [0.25, 0.3) is 10.9 Å². The van der Waals surface area contributed by atoms with E-state index in [4.69, 9.17) is 0 Å². The fourth-order valence-electron chi connectivity index (χ4n) is 3.36. The molecule has 3 aromatic rings. The molecule has 0 spiro atoms. The fraction of sp³-hybridized carbons (Fsp3) is 0.350. The Bertz CT molecular complexity index is 984. The molecular weight excluding hydrogens is 378 g/mol. The van der Waals surface area contributed by atoms with Gasteiger partial charge >= 0.3 is 0 Å². The van der Waals surface area contributed by atoms with E-state index in [2.05, 4.69) is 22.5 Å². The summed E-state index contributed by atoms with van der Waals surface area (Å²) < 4.78 is 1.54. The lowest BCUT2D eigenvalue weighted by molar-refractivity contribution is -0.131. The summed E-state index contributed by atoms with van der Waals surface area (Å²) in [5.74, 6) is 1.06. The van der Waals surface area contributed by atoms with Crippen LogP contribution in [-0.4, -0.2) is 39.2 Å². The lowest BCUT2D eigenvalue weighted by Gasteiger charge is -2.20. The van der Waals surface area contributed by atoms with Crippen molar-refractivity contribution in [2.24, 2.45) is 0 Å². The summed E-state index contributed by atoms with van der Waals surface area (Å²) in [5, 5.41) is 3.19. The molecule has 1 aliphatic rings. The van der Waals surface area contributed by atoms with E-state index in [-0.39, 0.29) is 11.5 Å². The number of hydrogen-bond acceptors (Lipinski definition) is 5. The van der Waals surface area contributed by atoms with Crippen LogP contribution in [0.1, 0.15) is 23.0 Å². The van der Waals surface area contributed by atoms with Crippen LogP contribution in [0.15, 0.2) is 52.9 Å². The third-order valence-corrected chi connectivity index (χ3v) is 7.30. The van der Waals surface area contributed by atoms with Crippen LogP contribution in [0, 0.1) is 0 Å². The lowest BCUT2D eigenvalue weighted by Crippen LogP contribution is -2.34. The first kappa shape index (κ1) is 18.3. The minimum absolute atomic E-state index is 0.0856. The van der Waals surface area contributed by atoms with Crippen LogP contribution in [-0.2, 0) is 11.3 Å². The number of thioether (sulfide) groups is 1. The third-order valence-electron chi connectivity index (χ3n) is 4.85. The first-order chi connectivity index (χ1) is 13.2. The maximum absolute atomic E-state index is 12.7. The van der Waals surface area contributed by atoms with E-state index in [1.807, 2.05) is 34.9 Å². The highest BCUT2D eigenvalue weighted by Crippen LogP contribution is 2.36. The summed E-state index contributed by atoms with van der Waals surface area (Å²) in [4.78, 5) is 32.9. The van der Waals surface area contributed by atoms with E-state index in [0.29, 0.717) is 29.1 Å². The van der Waals surface area contributed by atoms with Gasteiger partial charge in [0.25, 0.3) is 5.56 Å². The molecule has 1 aliphatic heterocycles. The Balaban J connectivity index is 1.38. The zero-order chi connectivity index (χ0) is 18.6. The molecule has 7 heteroatoms. The summed E-state index contributed by atoms with van der Waals surface area (Å²) in [6.07, 6.45) is 2.85. The van der Waals surface area contributed by atoms with Gasteiger partial charge in [-0.25, -0.2) is 4.98 Å². The van der Waals surface area contributed by atoms with Gasteiger partial charge in [-0.1, -0.05) is 18.2 Å². The Kier molecular flexibility index (Phi) is 5.59. The van der Waals surface area contributed by atoms with Crippen LogP contribution >= 0.6 is 23.1 Å². The minimum atomic E-state index is -0.0856. The Labute approximate surface area is 166 Å². The zero-order valence-electron chi connectivity index (χ0n) is 14.9. The van der Waals surface area contributed by atoms with Crippen molar-refractivity contribution in [3.05, 3.63) is 63.3 Å². The average Bonchev–Trinajstić information content (AvgIpc) is 3.12. The Morgan fingerprint density at radius 3 is 2.93 bits per heavy atom. The maximum Gasteiger partial charge on any atom is 0.261 e. The highest BCUT2D eigenvalue weighted by molar-refractivity contribution is 7.99. The molecule has 0 bridgehead atoms. The number of amides is 1. The highest BCUT2D eigenvalue weighted by atomic mass is 32.2. The van der Waals surface area contributed by atoms with E-state index in [1.165, 1.54) is 4.88 Å². The number of carbonyl (C=O) groups is 1. The Morgan fingerprint density at radius 1 is 1.19 bits per heavy atom. The Hall–Kier alpha value is -2.12. The largest absolute Gasteiger partial charge is 0.342 e. The highest BCUT2D eigenvalue weighted by Gasteiger charge is 2.22. The molecule has 0 aliphatic carbocycles. The number of benzene rings is 1. The molecule has 1 atom stereocenters. The van der Waals surface area contributed by atoms with Gasteiger partial charge in [0.05, 0.1) is 17.2 Å². The van der Waals surface area contributed by atoms with Gasteiger partial charge in [-0.2, -0.15) is 11.8 Å². The van der Waals surface area contributed by atoms with E-state index in [9.17, 15) is 9.59 Å². The molecule has 0 unspecified atom stereocenters. The number of aryl methyl sites for hydroxylation is 1. The second-order valence-corrected chi connectivity index (χ2v) is 8.84. The maximum atomic E-state index is 12.7. The van der Waals surface area contributed by atoms with Crippen molar-refractivity contribution < 1.29 is 4.79 Å². The van der Waals surface area contributed by atoms with E-state index >= 15 is 0 Å². The van der Waals surface area contributed by atoms with Crippen LogP contribution in [0.2, 0.25) is 0 Å². The van der Waals surface area contributed by atoms with Crippen molar-refractivity contribution in [3.8, 4) is 0 Å². The molecule has 140 valence electrons. The van der Waals surface area contributed by atoms with E-state index < -0.39 is 0 Å². The zero-order valence-corrected chi connectivity index (χ0v) is 16.5. The number of rotatable bonds is 4. The van der Waals surface area contributed by atoms with Gasteiger partial charge < -0.3 is 4.90 Å². The summed E-state index contributed by atoms with van der Waals surface area (Å²) in [6.45, 7) is 1.92. The number of nitrogens with zero attached hydrogens (tertiary/aromatic N) is 3. The van der Waals surface area contributed by atoms with Crippen molar-refractivity contribution in [3.63, 3.8) is 0 Å². The number of hydrogen-bond donors (Lipinski definition) is 0. The molecule has 1 fully saturated rings. The Morgan fingerprint density at radius 2 is 2.07 bits per heavy atom. The molecule has 0 saturated carbocycles. The molecular formula is C20H21N3O2S2. The van der Waals surface area contributed by atoms with Crippen LogP contribution < -0.4 is 5.56 Å². The first-order valence-corrected chi connectivity index (χ1v) is 11.0. The molecule has 0 N–H and O–H groups in total. The monoisotopic (exact) mass is 399 g/mol.